The van der Waals surface area contributed by atoms with Crippen molar-refractivity contribution in [3.05, 3.63) is 29.6 Å². The maximum atomic E-state index is 12.4. The van der Waals surface area contributed by atoms with Gasteiger partial charge in [0.2, 0.25) is 0 Å². The van der Waals surface area contributed by atoms with E-state index in [1.807, 2.05) is 32.6 Å². The fourth-order valence-corrected chi connectivity index (χ4v) is 2.17. The average molecular weight is 255 g/mol. The molecule has 0 aliphatic heterocycles. The highest BCUT2D eigenvalue weighted by Crippen LogP contribution is 2.16. The maximum absolute atomic E-state index is 12.4. The Morgan fingerprint density at radius 3 is 2.41 bits per heavy atom. The molecule has 1 amide bonds. The smallest absolute Gasteiger partial charge is 0.256 e. The van der Waals surface area contributed by atoms with E-state index in [0.717, 1.165) is 5.56 Å². The highest BCUT2D eigenvalue weighted by Gasteiger charge is 2.23. The standard InChI is InChI=1S/C13H19ClN2O/c1-9(2)16(10(3)4)13(17)12-8-15-6-5-11(12)7-14/h5-6,8-10H,7H2,1-4H3. The molecule has 0 saturated carbocycles. The first kappa shape index (κ1) is 14.0. The molecule has 0 radical (unpaired) electrons. The lowest BCUT2D eigenvalue weighted by atomic mass is 10.1. The van der Waals surface area contributed by atoms with Gasteiger partial charge in [0.1, 0.15) is 0 Å². The first-order valence-electron chi connectivity index (χ1n) is 5.80. The monoisotopic (exact) mass is 254 g/mol. The molecule has 0 N–H and O–H groups in total. The number of carbonyl (C=O) groups is 1. The second-order valence-corrected chi connectivity index (χ2v) is 4.83. The molecule has 0 fully saturated rings. The third-order valence-electron chi connectivity index (χ3n) is 2.63. The lowest BCUT2D eigenvalue weighted by Gasteiger charge is -2.31. The summed E-state index contributed by atoms with van der Waals surface area (Å²) >= 11 is 5.84. The summed E-state index contributed by atoms with van der Waals surface area (Å²) in [5, 5.41) is 0. The average Bonchev–Trinajstić information content (AvgIpc) is 2.27. The van der Waals surface area contributed by atoms with Gasteiger partial charge in [0.15, 0.2) is 0 Å². The SMILES string of the molecule is CC(C)N(C(=O)c1cnccc1CCl)C(C)C. The summed E-state index contributed by atoms with van der Waals surface area (Å²) in [6.07, 6.45) is 3.25. The molecule has 0 aliphatic rings. The Hall–Kier alpha value is -1.09. The number of aromatic nitrogens is 1. The molecule has 0 bridgehead atoms. The summed E-state index contributed by atoms with van der Waals surface area (Å²) in [5.41, 5.74) is 1.43. The van der Waals surface area contributed by atoms with Crippen molar-refractivity contribution < 1.29 is 4.79 Å². The van der Waals surface area contributed by atoms with Crippen LogP contribution in [-0.4, -0.2) is 27.9 Å². The van der Waals surface area contributed by atoms with E-state index in [2.05, 4.69) is 4.98 Å². The summed E-state index contributed by atoms with van der Waals surface area (Å²) in [6.45, 7) is 8.03. The number of amides is 1. The molecule has 4 heteroatoms. The predicted octanol–water partition coefficient (Wildman–Crippen LogP) is 3.08. The first-order chi connectivity index (χ1) is 7.99. The fourth-order valence-electron chi connectivity index (χ4n) is 1.94. The van der Waals surface area contributed by atoms with Crippen molar-refractivity contribution in [2.24, 2.45) is 0 Å². The Kier molecular flexibility index (Phi) is 4.94. The van der Waals surface area contributed by atoms with E-state index in [0.29, 0.717) is 11.4 Å². The predicted molar refractivity (Wildman–Crippen MR) is 70.2 cm³/mol. The molecular weight excluding hydrogens is 236 g/mol. The Morgan fingerprint density at radius 2 is 1.94 bits per heavy atom. The molecule has 0 unspecified atom stereocenters. The largest absolute Gasteiger partial charge is 0.334 e. The minimum Gasteiger partial charge on any atom is -0.334 e. The van der Waals surface area contributed by atoms with Crippen molar-refractivity contribution >= 4 is 17.5 Å². The van der Waals surface area contributed by atoms with Crippen LogP contribution < -0.4 is 0 Å². The summed E-state index contributed by atoms with van der Waals surface area (Å²) in [6, 6.07) is 2.11. The minimum atomic E-state index is -0.00116. The second kappa shape index (κ2) is 6.01. The van der Waals surface area contributed by atoms with Crippen molar-refractivity contribution in [3.8, 4) is 0 Å². The van der Waals surface area contributed by atoms with Crippen LogP contribution in [0.15, 0.2) is 18.5 Å². The second-order valence-electron chi connectivity index (χ2n) is 4.57. The van der Waals surface area contributed by atoms with Crippen LogP contribution in [0.4, 0.5) is 0 Å². The Bertz CT molecular complexity index is 383. The lowest BCUT2D eigenvalue weighted by molar-refractivity contribution is 0.0642. The van der Waals surface area contributed by atoms with Crippen LogP contribution in [0.5, 0.6) is 0 Å². The molecule has 1 aromatic heterocycles. The van der Waals surface area contributed by atoms with Gasteiger partial charge in [0.05, 0.1) is 5.56 Å². The Labute approximate surface area is 108 Å². The van der Waals surface area contributed by atoms with Gasteiger partial charge in [-0.2, -0.15) is 0 Å². The first-order valence-corrected chi connectivity index (χ1v) is 6.34. The summed E-state index contributed by atoms with van der Waals surface area (Å²) in [7, 11) is 0. The van der Waals surface area contributed by atoms with E-state index >= 15 is 0 Å². The number of carbonyl (C=O) groups excluding carboxylic acids is 1. The van der Waals surface area contributed by atoms with Crippen molar-refractivity contribution in [3.63, 3.8) is 0 Å². The van der Waals surface area contributed by atoms with E-state index in [-0.39, 0.29) is 18.0 Å². The molecule has 1 rings (SSSR count). The molecular formula is C13H19ClN2O. The zero-order valence-corrected chi connectivity index (χ0v) is 11.5. The summed E-state index contributed by atoms with van der Waals surface area (Å²) < 4.78 is 0. The van der Waals surface area contributed by atoms with Crippen molar-refractivity contribution in [1.82, 2.24) is 9.88 Å². The Morgan fingerprint density at radius 1 is 1.35 bits per heavy atom. The van der Waals surface area contributed by atoms with Crippen LogP contribution in [0.25, 0.3) is 0 Å². The van der Waals surface area contributed by atoms with Crippen molar-refractivity contribution in [2.45, 2.75) is 45.7 Å². The fraction of sp³-hybridized carbons (Fsp3) is 0.538. The highest BCUT2D eigenvalue weighted by molar-refractivity contribution is 6.17. The zero-order valence-electron chi connectivity index (χ0n) is 10.8. The van der Waals surface area contributed by atoms with E-state index < -0.39 is 0 Å². The third-order valence-corrected chi connectivity index (χ3v) is 2.92. The van der Waals surface area contributed by atoms with Gasteiger partial charge in [-0.3, -0.25) is 9.78 Å². The van der Waals surface area contributed by atoms with Crippen LogP contribution in [-0.2, 0) is 5.88 Å². The topological polar surface area (TPSA) is 33.2 Å². The molecule has 0 aliphatic carbocycles. The molecule has 1 aromatic rings. The molecule has 0 saturated heterocycles. The summed E-state index contributed by atoms with van der Waals surface area (Å²) in [5.74, 6) is 0.326. The van der Waals surface area contributed by atoms with Gasteiger partial charge in [-0.05, 0) is 39.3 Å². The zero-order chi connectivity index (χ0) is 13.0. The maximum Gasteiger partial charge on any atom is 0.256 e. The number of rotatable bonds is 4. The van der Waals surface area contributed by atoms with Crippen LogP contribution in [0.3, 0.4) is 0 Å². The molecule has 0 atom stereocenters. The molecule has 17 heavy (non-hydrogen) atoms. The third kappa shape index (κ3) is 3.19. The number of hydrogen-bond acceptors (Lipinski definition) is 2. The lowest BCUT2D eigenvalue weighted by Crippen LogP contribution is -2.42. The van der Waals surface area contributed by atoms with Gasteiger partial charge in [0, 0.05) is 30.4 Å². The normalized spacial score (nSPS) is 11.0. The van der Waals surface area contributed by atoms with Gasteiger partial charge in [-0.15, -0.1) is 11.6 Å². The van der Waals surface area contributed by atoms with Gasteiger partial charge < -0.3 is 4.90 Å². The van der Waals surface area contributed by atoms with Gasteiger partial charge >= 0.3 is 0 Å². The summed E-state index contributed by atoms with van der Waals surface area (Å²) in [4.78, 5) is 18.3. The number of hydrogen-bond donors (Lipinski definition) is 0. The molecule has 0 spiro atoms. The van der Waals surface area contributed by atoms with Gasteiger partial charge in [-0.1, -0.05) is 0 Å². The van der Waals surface area contributed by atoms with E-state index in [1.54, 1.807) is 18.5 Å². The van der Waals surface area contributed by atoms with Crippen LogP contribution in [0.2, 0.25) is 0 Å². The van der Waals surface area contributed by atoms with Crippen molar-refractivity contribution in [1.29, 1.82) is 0 Å². The molecule has 1 heterocycles. The van der Waals surface area contributed by atoms with Crippen molar-refractivity contribution in [2.75, 3.05) is 0 Å². The van der Waals surface area contributed by atoms with E-state index in [9.17, 15) is 4.79 Å². The number of pyridine rings is 1. The van der Waals surface area contributed by atoms with Crippen LogP contribution >= 0.6 is 11.6 Å². The van der Waals surface area contributed by atoms with E-state index in [1.165, 1.54) is 0 Å². The quantitative estimate of drug-likeness (QED) is 0.774. The number of nitrogens with zero attached hydrogens (tertiary/aromatic N) is 2. The number of halogens is 1. The molecule has 94 valence electrons. The van der Waals surface area contributed by atoms with Gasteiger partial charge in [-0.25, -0.2) is 0 Å². The van der Waals surface area contributed by atoms with Gasteiger partial charge in [0.25, 0.3) is 5.91 Å². The molecule has 0 aromatic carbocycles. The number of alkyl halides is 1. The Balaban J connectivity index is 3.09. The minimum absolute atomic E-state index is 0.00116. The van der Waals surface area contributed by atoms with Crippen LogP contribution in [0.1, 0.15) is 43.6 Å². The van der Waals surface area contributed by atoms with E-state index in [4.69, 9.17) is 11.6 Å². The molecule has 3 nitrogen and oxygen atoms in total. The highest BCUT2D eigenvalue weighted by atomic mass is 35.5. The van der Waals surface area contributed by atoms with Crippen LogP contribution in [0, 0.1) is 0 Å².